The predicted molar refractivity (Wildman–Crippen MR) is 108 cm³/mol. The van der Waals surface area contributed by atoms with E-state index in [2.05, 4.69) is 25.6 Å². The van der Waals surface area contributed by atoms with Crippen LogP contribution in [0.3, 0.4) is 0 Å². The molecule has 7 nitrogen and oxygen atoms in total. The van der Waals surface area contributed by atoms with E-state index in [9.17, 15) is 4.79 Å². The number of aromatic amines is 1. The van der Waals surface area contributed by atoms with Crippen LogP contribution in [0.25, 0.3) is 11.2 Å². The van der Waals surface area contributed by atoms with Gasteiger partial charge in [-0.25, -0.2) is 9.97 Å². The molecule has 8 heteroatoms. The first-order valence-corrected chi connectivity index (χ1v) is 8.80. The fourth-order valence-electron chi connectivity index (χ4n) is 2.67. The van der Waals surface area contributed by atoms with Crippen LogP contribution in [0.2, 0.25) is 5.02 Å². The zero-order valence-electron chi connectivity index (χ0n) is 15.6. The van der Waals surface area contributed by atoms with Crippen LogP contribution in [0, 0.1) is 5.41 Å². The van der Waals surface area contributed by atoms with Crippen molar-refractivity contribution in [3.8, 4) is 0 Å². The van der Waals surface area contributed by atoms with Gasteiger partial charge >= 0.3 is 0 Å². The Kier molecular flexibility index (Phi) is 4.89. The minimum absolute atomic E-state index is 0.189. The number of carbonyl (C=O) groups is 1. The number of fused-ring (bicyclic) bond motifs is 1. The molecular formula is C19H21ClN6O. The highest BCUT2D eigenvalue weighted by atomic mass is 35.5. The van der Waals surface area contributed by atoms with Gasteiger partial charge in [0, 0.05) is 35.1 Å². The normalized spacial score (nSPS) is 11.4. The highest BCUT2D eigenvalue weighted by Crippen LogP contribution is 2.24. The molecule has 0 saturated carbocycles. The Morgan fingerprint density at radius 2 is 2.00 bits per heavy atom. The van der Waals surface area contributed by atoms with Crippen molar-refractivity contribution in [2.24, 2.45) is 0 Å². The van der Waals surface area contributed by atoms with Crippen molar-refractivity contribution < 1.29 is 4.79 Å². The molecule has 2 heterocycles. The maximum absolute atomic E-state index is 12.5. The second-order valence-corrected chi connectivity index (χ2v) is 7.61. The van der Waals surface area contributed by atoms with Crippen molar-refractivity contribution in [3.05, 3.63) is 52.4 Å². The first-order chi connectivity index (χ1) is 12.7. The molecule has 27 heavy (non-hydrogen) atoms. The number of hydrogen-bond acceptors (Lipinski definition) is 5. The van der Waals surface area contributed by atoms with Gasteiger partial charge in [0.2, 0.25) is 0 Å². The first kappa shape index (κ1) is 18.8. The van der Waals surface area contributed by atoms with E-state index in [-0.39, 0.29) is 17.2 Å². The average Bonchev–Trinajstić information content (AvgIpc) is 3.02. The summed E-state index contributed by atoms with van der Waals surface area (Å²) in [7, 11) is 1.76. The fraction of sp³-hybridized carbons (Fsp3) is 0.263. The molecule has 0 atom stereocenters. The Hall–Kier alpha value is -2.93. The number of carbonyl (C=O) groups excluding carboxylic acids is 1. The molecule has 3 rings (SSSR count). The molecule has 2 aromatic heterocycles. The lowest BCUT2D eigenvalue weighted by atomic mass is 10.1. The predicted octanol–water partition coefficient (Wildman–Crippen LogP) is 3.60. The maximum Gasteiger partial charge on any atom is 0.255 e. The van der Waals surface area contributed by atoms with Crippen LogP contribution in [0.1, 0.15) is 42.4 Å². The van der Waals surface area contributed by atoms with Gasteiger partial charge in [0.25, 0.3) is 5.91 Å². The molecule has 1 aromatic carbocycles. The summed E-state index contributed by atoms with van der Waals surface area (Å²) in [5, 5.41) is 15.1. The summed E-state index contributed by atoms with van der Waals surface area (Å²) >= 11 is 6.03. The molecule has 0 fully saturated rings. The van der Waals surface area contributed by atoms with E-state index in [1.54, 1.807) is 31.4 Å². The molecule has 0 aliphatic rings. The van der Waals surface area contributed by atoms with E-state index >= 15 is 0 Å². The van der Waals surface area contributed by atoms with E-state index in [0.717, 1.165) is 0 Å². The Balaban J connectivity index is 2.03. The number of aromatic nitrogens is 3. The SMILES string of the molecule is CNc1cc(Cl)ccc1C(=N)c1cnc2[nH]cc(C(=O)NC(C)(C)C)c2n1. The fourth-order valence-corrected chi connectivity index (χ4v) is 2.84. The monoisotopic (exact) mass is 384 g/mol. The maximum atomic E-state index is 12.5. The van der Waals surface area contributed by atoms with Crippen LogP contribution in [0.5, 0.6) is 0 Å². The Labute approximate surface area is 162 Å². The van der Waals surface area contributed by atoms with Gasteiger partial charge in [-0.1, -0.05) is 11.6 Å². The third-order valence-electron chi connectivity index (χ3n) is 3.89. The molecule has 0 bridgehead atoms. The van der Waals surface area contributed by atoms with Crippen molar-refractivity contribution in [1.29, 1.82) is 5.41 Å². The van der Waals surface area contributed by atoms with Crippen molar-refractivity contribution in [2.75, 3.05) is 12.4 Å². The molecule has 0 aliphatic carbocycles. The Morgan fingerprint density at radius 1 is 1.26 bits per heavy atom. The third kappa shape index (κ3) is 3.93. The minimum atomic E-state index is -0.372. The molecule has 140 valence electrons. The van der Waals surface area contributed by atoms with E-state index in [1.165, 1.54) is 6.20 Å². The van der Waals surface area contributed by atoms with Crippen LogP contribution in [0.4, 0.5) is 5.69 Å². The molecule has 1 amide bonds. The lowest BCUT2D eigenvalue weighted by molar-refractivity contribution is 0.0921. The van der Waals surface area contributed by atoms with Gasteiger partial charge in [-0.3, -0.25) is 10.2 Å². The molecule has 3 aromatic rings. The van der Waals surface area contributed by atoms with Crippen LogP contribution < -0.4 is 10.6 Å². The number of hydrogen-bond donors (Lipinski definition) is 4. The van der Waals surface area contributed by atoms with Gasteiger partial charge < -0.3 is 15.6 Å². The number of H-pyrrole nitrogens is 1. The Morgan fingerprint density at radius 3 is 2.67 bits per heavy atom. The van der Waals surface area contributed by atoms with Crippen molar-refractivity contribution in [2.45, 2.75) is 26.3 Å². The lowest BCUT2D eigenvalue weighted by Crippen LogP contribution is -2.40. The number of halogens is 1. The second-order valence-electron chi connectivity index (χ2n) is 7.17. The molecule has 0 saturated heterocycles. The number of nitrogens with zero attached hydrogens (tertiary/aromatic N) is 2. The molecule has 0 radical (unpaired) electrons. The smallest absolute Gasteiger partial charge is 0.255 e. The molecular weight excluding hydrogens is 364 g/mol. The summed E-state index contributed by atoms with van der Waals surface area (Å²) in [4.78, 5) is 24.3. The zero-order valence-corrected chi connectivity index (χ0v) is 16.3. The molecule has 4 N–H and O–H groups in total. The number of benzene rings is 1. The highest BCUT2D eigenvalue weighted by molar-refractivity contribution is 6.31. The first-order valence-electron chi connectivity index (χ1n) is 8.43. The van der Waals surface area contributed by atoms with Crippen LogP contribution in [-0.2, 0) is 0 Å². The summed E-state index contributed by atoms with van der Waals surface area (Å²) in [5.74, 6) is -0.242. The standard InChI is InChI=1S/C19H21ClN6O/c1-19(2,3)26-18(27)12-8-23-17-16(12)25-14(9-24-17)15(21)11-6-5-10(20)7-13(11)22-4/h5-9,21-22H,1-4H3,(H,23,24)(H,26,27). The lowest BCUT2D eigenvalue weighted by Gasteiger charge is -2.20. The highest BCUT2D eigenvalue weighted by Gasteiger charge is 2.21. The topological polar surface area (TPSA) is 107 Å². The zero-order chi connectivity index (χ0) is 19.8. The largest absolute Gasteiger partial charge is 0.388 e. The van der Waals surface area contributed by atoms with E-state index in [0.29, 0.717) is 38.7 Å². The van der Waals surface area contributed by atoms with Gasteiger partial charge in [0.05, 0.1) is 17.5 Å². The van der Waals surface area contributed by atoms with Crippen molar-refractivity contribution >= 4 is 40.1 Å². The summed E-state index contributed by atoms with van der Waals surface area (Å²) in [6, 6.07) is 5.22. The van der Waals surface area contributed by atoms with Gasteiger partial charge in [-0.05, 0) is 39.0 Å². The number of rotatable bonds is 4. The van der Waals surface area contributed by atoms with Gasteiger partial charge in [0.15, 0.2) is 5.65 Å². The van der Waals surface area contributed by atoms with E-state index in [1.807, 2.05) is 20.8 Å². The van der Waals surface area contributed by atoms with E-state index in [4.69, 9.17) is 17.0 Å². The average molecular weight is 385 g/mol. The van der Waals surface area contributed by atoms with Crippen molar-refractivity contribution in [1.82, 2.24) is 20.3 Å². The summed E-state index contributed by atoms with van der Waals surface area (Å²) in [5.41, 5.74) is 2.87. The summed E-state index contributed by atoms with van der Waals surface area (Å²) < 4.78 is 0. The van der Waals surface area contributed by atoms with Crippen LogP contribution in [0.15, 0.2) is 30.6 Å². The van der Waals surface area contributed by atoms with Gasteiger partial charge in [-0.2, -0.15) is 0 Å². The van der Waals surface area contributed by atoms with Crippen molar-refractivity contribution in [3.63, 3.8) is 0 Å². The minimum Gasteiger partial charge on any atom is -0.388 e. The van der Waals surface area contributed by atoms with Gasteiger partial charge in [-0.15, -0.1) is 0 Å². The summed E-state index contributed by atoms with van der Waals surface area (Å²) in [6.45, 7) is 5.73. The molecule has 0 spiro atoms. The van der Waals surface area contributed by atoms with Crippen LogP contribution >= 0.6 is 11.6 Å². The number of amides is 1. The van der Waals surface area contributed by atoms with E-state index < -0.39 is 0 Å². The quantitative estimate of drug-likeness (QED) is 0.515. The third-order valence-corrected chi connectivity index (χ3v) is 4.13. The van der Waals surface area contributed by atoms with Gasteiger partial charge in [0.1, 0.15) is 11.2 Å². The Bertz CT molecular complexity index is 1030. The number of anilines is 1. The molecule has 0 aliphatic heterocycles. The van der Waals surface area contributed by atoms with Crippen LogP contribution in [-0.4, -0.2) is 39.2 Å². The number of nitrogens with one attached hydrogen (secondary N) is 4. The second kappa shape index (κ2) is 7.00. The summed E-state index contributed by atoms with van der Waals surface area (Å²) in [6.07, 6.45) is 3.10. The molecule has 0 unspecified atom stereocenters.